The third-order valence-electron chi connectivity index (χ3n) is 7.76. The average molecular weight is 292 g/mol. The van der Waals surface area contributed by atoms with Gasteiger partial charge in [-0.25, -0.2) is 4.39 Å². The summed E-state index contributed by atoms with van der Waals surface area (Å²) in [6.45, 7) is 4.72. The molecule has 0 unspecified atom stereocenters. The second kappa shape index (κ2) is 4.57. The van der Waals surface area contributed by atoms with Gasteiger partial charge in [0.15, 0.2) is 0 Å². The SMILES string of the molecule is C[C@]12CC[C@H]3[C@@H]([C@@H](O)C=C4CCCC[C@@]43C)[C@@H]1C[C@@H](F)C2. The first-order valence-corrected chi connectivity index (χ1v) is 8.97. The van der Waals surface area contributed by atoms with Gasteiger partial charge in [-0.05, 0) is 73.5 Å². The molecule has 0 aliphatic heterocycles. The van der Waals surface area contributed by atoms with E-state index in [1.807, 2.05) is 0 Å². The Balaban J connectivity index is 1.74. The molecule has 1 nitrogen and oxygen atoms in total. The van der Waals surface area contributed by atoms with Crippen LogP contribution in [0.15, 0.2) is 11.6 Å². The summed E-state index contributed by atoms with van der Waals surface area (Å²) in [5.74, 6) is 1.27. The molecule has 1 N–H and O–H groups in total. The van der Waals surface area contributed by atoms with Gasteiger partial charge in [-0.15, -0.1) is 0 Å². The van der Waals surface area contributed by atoms with E-state index in [9.17, 15) is 9.50 Å². The first kappa shape index (κ1) is 14.2. The maximum Gasteiger partial charge on any atom is 0.101 e. The highest BCUT2D eigenvalue weighted by Crippen LogP contribution is 2.65. The summed E-state index contributed by atoms with van der Waals surface area (Å²) in [6.07, 6.45) is 10.0. The molecule has 0 heterocycles. The van der Waals surface area contributed by atoms with Gasteiger partial charge in [-0.3, -0.25) is 0 Å². The Kier molecular flexibility index (Phi) is 3.10. The lowest BCUT2D eigenvalue weighted by Gasteiger charge is -2.58. The number of aliphatic hydroxyl groups is 1. The van der Waals surface area contributed by atoms with E-state index in [1.54, 1.807) is 0 Å². The van der Waals surface area contributed by atoms with Crippen molar-refractivity contribution in [3.8, 4) is 0 Å². The second-order valence-corrected chi connectivity index (χ2v) is 8.83. The number of hydrogen-bond acceptors (Lipinski definition) is 1. The van der Waals surface area contributed by atoms with Crippen LogP contribution in [0, 0.1) is 28.6 Å². The van der Waals surface area contributed by atoms with E-state index in [1.165, 1.54) is 37.7 Å². The quantitative estimate of drug-likeness (QED) is 0.644. The van der Waals surface area contributed by atoms with Crippen molar-refractivity contribution in [1.29, 1.82) is 0 Å². The Bertz CT molecular complexity index is 472. The number of aliphatic hydroxyl groups excluding tert-OH is 1. The van der Waals surface area contributed by atoms with Gasteiger partial charge in [-0.2, -0.15) is 0 Å². The summed E-state index contributed by atoms with van der Waals surface area (Å²) >= 11 is 0. The molecule has 4 rings (SSSR count). The van der Waals surface area contributed by atoms with Crippen LogP contribution in [0.3, 0.4) is 0 Å². The van der Waals surface area contributed by atoms with Crippen molar-refractivity contribution in [3.63, 3.8) is 0 Å². The van der Waals surface area contributed by atoms with Crippen LogP contribution in [0.4, 0.5) is 4.39 Å². The zero-order valence-corrected chi connectivity index (χ0v) is 13.4. The zero-order valence-electron chi connectivity index (χ0n) is 13.4. The van der Waals surface area contributed by atoms with Crippen molar-refractivity contribution in [2.24, 2.45) is 28.6 Å². The van der Waals surface area contributed by atoms with E-state index in [0.717, 1.165) is 12.8 Å². The standard InChI is InChI=1S/C19H29FO/c1-18-8-6-14-17(15(18)10-13(20)11-18)16(21)9-12-5-3-4-7-19(12,14)2/h9,13-17,21H,3-8,10-11H2,1-2H3/t13-,14+,15+,16+,17-,18-,19+/m1/s1. The molecule has 2 heteroatoms. The predicted octanol–water partition coefficient (Wildman–Crippen LogP) is 4.65. The normalized spacial score (nSPS) is 56.2. The third-order valence-corrected chi connectivity index (χ3v) is 7.76. The van der Waals surface area contributed by atoms with E-state index in [-0.39, 0.29) is 16.9 Å². The number of rotatable bonds is 0. The molecule has 4 aliphatic carbocycles. The van der Waals surface area contributed by atoms with Crippen LogP contribution in [-0.4, -0.2) is 17.4 Å². The van der Waals surface area contributed by atoms with Gasteiger partial charge >= 0.3 is 0 Å². The summed E-state index contributed by atoms with van der Waals surface area (Å²) in [6, 6.07) is 0. The molecule has 0 saturated heterocycles. The Morgan fingerprint density at radius 3 is 2.81 bits per heavy atom. The van der Waals surface area contributed by atoms with E-state index >= 15 is 0 Å². The van der Waals surface area contributed by atoms with Crippen LogP contribution < -0.4 is 0 Å². The molecule has 3 saturated carbocycles. The molecule has 0 amide bonds. The fourth-order valence-electron chi connectivity index (χ4n) is 6.66. The molecular weight excluding hydrogens is 263 g/mol. The number of hydrogen-bond donors (Lipinski definition) is 1. The van der Waals surface area contributed by atoms with E-state index in [4.69, 9.17) is 0 Å². The first-order chi connectivity index (χ1) is 9.94. The Labute approximate surface area is 128 Å². The maximum absolute atomic E-state index is 14.1. The number of alkyl halides is 1. The zero-order chi connectivity index (χ0) is 14.8. The minimum atomic E-state index is -0.643. The van der Waals surface area contributed by atoms with Crippen molar-refractivity contribution in [1.82, 2.24) is 0 Å². The highest BCUT2D eigenvalue weighted by Gasteiger charge is 2.59. The summed E-state index contributed by atoms with van der Waals surface area (Å²) in [5.41, 5.74) is 1.94. The fourth-order valence-corrected chi connectivity index (χ4v) is 6.66. The second-order valence-electron chi connectivity index (χ2n) is 8.83. The monoisotopic (exact) mass is 292 g/mol. The molecule has 118 valence electrons. The van der Waals surface area contributed by atoms with Gasteiger partial charge in [0.2, 0.25) is 0 Å². The van der Waals surface area contributed by atoms with Gasteiger partial charge in [0.05, 0.1) is 6.10 Å². The van der Waals surface area contributed by atoms with E-state index in [2.05, 4.69) is 19.9 Å². The molecular formula is C19H29FO. The lowest BCUT2D eigenvalue weighted by Crippen LogP contribution is -2.52. The summed E-state index contributed by atoms with van der Waals surface area (Å²) in [7, 11) is 0. The molecule has 0 aromatic carbocycles. The van der Waals surface area contributed by atoms with Crippen molar-refractivity contribution in [2.75, 3.05) is 0 Å². The van der Waals surface area contributed by atoms with Crippen LogP contribution in [0.5, 0.6) is 0 Å². The van der Waals surface area contributed by atoms with Crippen LogP contribution in [0.25, 0.3) is 0 Å². The fraction of sp³-hybridized carbons (Fsp3) is 0.895. The molecule has 4 aliphatic rings. The van der Waals surface area contributed by atoms with Crippen molar-refractivity contribution >= 4 is 0 Å². The third kappa shape index (κ3) is 1.90. The van der Waals surface area contributed by atoms with E-state index in [0.29, 0.717) is 24.2 Å². The number of halogens is 1. The van der Waals surface area contributed by atoms with Gasteiger partial charge in [0.25, 0.3) is 0 Å². The molecule has 0 bridgehead atoms. The van der Waals surface area contributed by atoms with E-state index < -0.39 is 6.17 Å². The predicted molar refractivity (Wildman–Crippen MR) is 82.6 cm³/mol. The summed E-state index contributed by atoms with van der Waals surface area (Å²) < 4.78 is 14.1. The van der Waals surface area contributed by atoms with Crippen LogP contribution in [0.2, 0.25) is 0 Å². The van der Waals surface area contributed by atoms with Gasteiger partial charge in [-0.1, -0.05) is 31.9 Å². The summed E-state index contributed by atoms with van der Waals surface area (Å²) in [4.78, 5) is 0. The largest absolute Gasteiger partial charge is 0.389 e. The smallest absolute Gasteiger partial charge is 0.101 e. The minimum absolute atomic E-state index is 0.137. The van der Waals surface area contributed by atoms with Crippen LogP contribution >= 0.6 is 0 Å². The topological polar surface area (TPSA) is 20.2 Å². The Hall–Kier alpha value is -0.370. The first-order valence-electron chi connectivity index (χ1n) is 8.97. The maximum atomic E-state index is 14.1. The molecule has 0 aromatic heterocycles. The molecule has 7 atom stereocenters. The lowest BCUT2D eigenvalue weighted by atomic mass is 9.47. The number of allylic oxidation sites excluding steroid dienone is 1. The average Bonchev–Trinajstić information content (AvgIpc) is 2.73. The summed E-state index contributed by atoms with van der Waals surface area (Å²) in [5, 5.41) is 10.8. The van der Waals surface area contributed by atoms with Gasteiger partial charge in [0, 0.05) is 0 Å². The van der Waals surface area contributed by atoms with Crippen molar-refractivity contribution in [2.45, 2.75) is 77.5 Å². The molecule has 0 radical (unpaired) electrons. The van der Waals surface area contributed by atoms with Gasteiger partial charge < -0.3 is 5.11 Å². The molecule has 0 aromatic rings. The van der Waals surface area contributed by atoms with Crippen LogP contribution in [0.1, 0.15) is 65.2 Å². The highest BCUT2D eigenvalue weighted by molar-refractivity contribution is 5.26. The molecule has 0 spiro atoms. The van der Waals surface area contributed by atoms with Crippen molar-refractivity contribution in [3.05, 3.63) is 11.6 Å². The van der Waals surface area contributed by atoms with Crippen molar-refractivity contribution < 1.29 is 9.50 Å². The molecule has 21 heavy (non-hydrogen) atoms. The van der Waals surface area contributed by atoms with Crippen LogP contribution in [-0.2, 0) is 0 Å². The Morgan fingerprint density at radius 1 is 1.19 bits per heavy atom. The van der Waals surface area contributed by atoms with Gasteiger partial charge in [0.1, 0.15) is 6.17 Å². The Morgan fingerprint density at radius 2 is 2.00 bits per heavy atom. The molecule has 3 fully saturated rings. The lowest BCUT2D eigenvalue weighted by molar-refractivity contribution is -0.0762. The highest BCUT2D eigenvalue weighted by atomic mass is 19.1. The number of fused-ring (bicyclic) bond motifs is 5. The minimum Gasteiger partial charge on any atom is -0.389 e.